The highest BCUT2D eigenvalue weighted by Gasteiger charge is 2.26. The van der Waals surface area contributed by atoms with Crippen LogP contribution in [0, 0.1) is 5.82 Å². The van der Waals surface area contributed by atoms with Gasteiger partial charge in [-0.05, 0) is 53.7 Å². The van der Waals surface area contributed by atoms with Crippen LogP contribution in [0.5, 0.6) is 0 Å². The molecule has 0 saturated heterocycles. The lowest BCUT2D eigenvalue weighted by molar-refractivity contribution is 0.0471. The molecule has 1 rings (SSSR count). The van der Waals surface area contributed by atoms with Crippen LogP contribution in [0.2, 0.25) is 10.0 Å². The van der Waals surface area contributed by atoms with Gasteiger partial charge in [0.1, 0.15) is 11.4 Å². The highest BCUT2D eigenvalue weighted by Crippen LogP contribution is 2.32. The van der Waals surface area contributed by atoms with Gasteiger partial charge in [-0.25, -0.2) is 9.18 Å². The van der Waals surface area contributed by atoms with E-state index in [4.69, 9.17) is 27.9 Å². The third-order valence-corrected chi connectivity index (χ3v) is 3.92. The molecule has 1 aromatic carbocycles. The van der Waals surface area contributed by atoms with Gasteiger partial charge < -0.3 is 15.4 Å². The van der Waals surface area contributed by atoms with E-state index in [2.05, 4.69) is 10.6 Å². The molecule has 0 bridgehead atoms. The molecule has 4 nitrogen and oxygen atoms in total. The highest BCUT2D eigenvalue weighted by atomic mass is 35.5. The summed E-state index contributed by atoms with van der Waals surface area (Å²) in [6.07, 6.45) is -0.497. The van der Waals surface area contributed by atoms with E-state index in [1.54, 1.807) is 20.8 Å². The second kappa shape index (κ2) is 7.89. The molecule has 1 aromatic rings. The first kappa shape index (κ1) is 21.0. The summed E-state index contributed by atoms with van der Waals surface area (Å²) in [5.41, 5.74) is -0.654. The van der Waals surface area contributed by atoms with Gasteiger partial charge in [0.15, 0.2) is 0 Å². The van der Waals surface area contributed by atoms with Gasteiger partial charge >= 0.3 is 6.09 Å². The van der Waals surface area contributed by atoms with Gasteiger partial charge in [-0.15, -0.1) is 0 Å². The molecule has 24 heavy (non-hydrogen) atoms. The summed E-state index contributed by atoms with van der Waals surface area (Å²) >= 11 is 12.1. The van der Waals surface area contributed by atoms with Crippen molar-refractivity contribution in [2.45, 2.75) is 58.7 Å². The van der Waals surface area contributed by atoms with E-state index in [1.165, 1.54) is 12.1 Å². The molecule has 0 radical (unpaired) electrons. The smallest absolute Gasteiger partial charge is 0.408 e. The van der Waals surface area contributed by atoms with E-state index in [0.29, 0.717) is 17.1 Å². The average Bonchev–Trinajstić information content (AvgIpc) is 2.38. The summed E-state index contributed by atoms with van der Waals surface area (Å²) in [6, 6.07) is 2.41. The zero-order valence-corrected chi connectivity index (χ0v) is 16.4. The molecule has 0 aromatic heterocycles. The van der Waals surface area contributed by atoms with E-state index in [9.17, 15) is 9.18 Å². The lowest BCUT2D eigenvalue weighted by atomic mass is 10.0. The van der Waals surface area contributed by atoms with Crippen LogP contribution < -0.4 is 10.6 Å². The van der Waals surface area contributed by atoms with Crippen LogP contribution >= 0.6 is 23.2 Å². The van der Waals surface area contributed by atoms with E-state index in [-0.39, 0.29) is 11.1 Å². The number of carbonyl (C=O) groups excluding carboxylic acids is 1. The number of nitrogens with one attached hydrogen (secondary N) is 2. The summed E-state index contributed by atoms with van der Waals surface area (Å²) in [7, 11) is 0. The van der Waals surface area contributed by atoms with Crippen LogP contribution in [0.15, 0.2) is 12.1 Å². The van der Waals surface area contributed by atoms with Gasteiger partial charge in [-0.1, -0.05) is 23.2 Å². The molecular weight excluding hydrogens is 354 g/mol. The monoisotopic (exact) mass is 378 g/mol. The first-order valence-corrected chi connectivity index (χ1v) is 8.46. The van der Waals surface area contributed by atoms with Crippen molar-refractivity contribution >= 4 is 29.3 Å². The molecule has 1 amide bonds. The van der Waals surface area contributed by atoms with Crippen molar-refractivity contribution in [3.63, 3.8) is 0 Å². The number of rotatable bonds is 5. The Bertz CT molecular complexity index is 601. The predicted octanol–water partition coefficient (Wildman–Crippen LogP) is 5.09. The second-order valence-corrected chi connectivity index (χ2v) is 8.16. The molecule has 0 heterocycles. The Morgan fingerprint density at radius 3 is 2.38 bits per heavy atom. The molecule has 0 fully saturated rings. The van der Waals surface area contributed by atoms with Crippen molar-refractivity contribution in [2.75, 3.05) is 6.54 Å². The van der Waals surface area contributed by atoms with Crippen LogP contribution in [-0.4, -0.2) is 23.8 Å². The van der Waals surface area contributed by atoms with Crippen molar-refractivity contribution < 1.29 is 13.9 Å². The molecule has 0 aliphatic heterocycles. The van der Waals surface area contributed by atoms with Gasteiger partial charge in [0.25, 0.3) is 0 Å². The highest BCUT2D eigenvalue weighted by molar-refractivity contribution is 6.36. The number of benzene rings is 1. The Labute approximate surface area is 153 Å². The third kappa shape index (κ3) is 6.46. The second-order valence-electron chi connectivity index (χ2n) is 7.37. The number of ether oxygens (including phenoxy) is 1. The van der Waals surface area contributed by atoms with Crippen LogP contribution in [0.25, 0.3) is 0 Å². The van der Waals surface area contributed by atoms with Gasteiger partial charge in [-0.3, -0.25) is 0 Å². The number of hydrogen-bond acceptors (Lipinski definition) is 3. The molecule has 1 unspecified atom stereocenters. The quantitative estimate of drug-likeness (QED) is 0.701. The van der Waals surface area contributed by atoms with Crippen LogP contribution in [0.3, 0.4) is 0 Å². The SMILES string of the molecule is CC(NCC(C)(C)NC(=O)OC(C)(C)C)c1c(Cl)ccc(F)c1Cl. The fourth-order valence-electron chi connectivity index (χ4n) is 2.07. The van der Waals surface area contributed by atoms with Gasteiger partial charge in [0.2, 0.25) is 0 Å². The molecular formula is C17H25Cl2FN2O2. The number of carbonyl (C=O) groups is 1. The van der Waals surface area contributed by atoms with E-state index in [0.717, 1.165) is 0 Å². The van der Waals surface area contributed by atoms with E-state index >= 15 is 0 Å². The maximum atomic E-state index is 13.6. The van der Waals surface area contributed by atoms with Crippen LogP contribution in [0.1, 0.15) is 53.1 Å². The Morgan fingerprint density at radius 1 is 1.25 bits per heavy atom. The molecule has 0 aliphatic carbocycles. The zero-order chi connectivity index (χ0) is 18.7. The Balaban J connectivity index is 2.71. The largest absolute Gasteiger partial charge is 0.444 e. The minimum atomic E-state index is -0.580. The summed E-state index contributed by atoms with van der Waals surface area (Å²) in [5, 5.41) is 6.40. The van der Waals surface area contributed by atoms with E-state index < -0.39 is 23.1 Å². The third-order valence-electron chi connectivity index (χ3n) is 3.20. The van der Waals surface area contributed by atoms with Gasteiger partial charge in [0.05, 0.1) is 10.6 Å². The van der Waals surface area contributed by atoms with Crippen LogP contribution in [0.4, 0.5) is 9.18 Å². The minimum Gasteiger partial charge on any atom is -0.444 e. The average molecular weight is 379 g/mol. The molecule has 7 heteroatoms. The Morgan fingerprint density at radius 2 is 1.83 bits per heavy atom. The maximum absolute atomic E-state index is 13.6. The number of alkyl carbamates (subject to hydrolysis) is 1. The molecule has 0 spiro atoms. The minimum absolute atomic E-state index is 0.000377. The Hall–Kier alpha value is -1.04. The summed E-state index contributed by atoms with van der Waals surface area (Å²) in [6.45, 7) is 11.3. The van der Waals surface area contributed by atoms with Gasteiger partial charge in [-0.2, -0.15) is 0 Å². The number of amides is 1. The van der Waals surface area contributed by atoms with Crippen molar-refractivity contribution in [1.29, 1.82) is 0 Å². The summed E-state index contributed by atoms with van der Waals surface area (Å²) in [4.78, 5) is 11.9. The lowest BCUT2D eigenvalue weighted by Crippen LogP contribution is -2.52. The molecule has 136 valence electrons. The standard InChI is InChI=1S/C17H25Cl2FN2O2/c1-10(13-11(18)7-8-12(20)14(13)19)21-9-17(5,6)22-15(23)24-16(2,3)4/h7-8,10,21H,9H2,1-6H3,(H,22,23). The topological polar surface area (TPSA) is 50.4 Å². The molecule has 2 N–H and O–H groups in total. The summed E-state index contributed by atoms with van der Waals surface area (Å²) in [5.74, 6) is -0.518. The zero-order valence-electron chi connectivity index (χ0n) is 14.9. The molecule has 0 saturated carbocycles. The summed E-state index contributed by atoms with van der Waals surface area (Å²) < 4.78 is 18.9. The molecule has 1 atom stereocenters. The predicted molar refractivity (Wildman–Crippen MR) is 96.3 cm³/mol. The fraction of sp³-hybridized carbons (Fsp3) is 0.588. The van der Waals surface area contributed by atoms with Crippen LogP contribution in [-0.2, 0) is 4.74 Å². The van der Waals surface area contributed by atoms with Crippen molar-refractivity contribution in [2.24, 2.45) is 0 Å². The van der Waals surface area contributed by atoms with Crippen molar-refractivity contribution in [3.05, 3.63) is 33.6 Å². The first-order chi connectivity index (χ1) is 10.8. The maximum Gasteiger partial charge on any atom is 0.408 e. The Kier molecular flexibility index (Phi) is 6.91. The molecule has 0 aliphatic rings. The fourth-order valence-corrected chi connectivity index (χ4v) is 2.77. The van der Waals surface area contributed by atoms with E-state index in [1.807, 2.05) is 20.8 Å². The van der Waals surface area contributed by atoms with Crippen molar-refractivity contribution in [1.82, 2.24) is 10.6 Å². The first-order valence-electron chi connectivity index (χ1n) is 7.70. The number of halogens is 3. The normalized spacial score (nSPS) is 13.5. The number of hydrogen-bond donors (Lipinski definition) is 2. The lowest BCUT2D eigenvalue weighted by Gasteiger charge is -2.30. The van der Waals surface area contributed by atoms with Crippen molar-refractivity contribution in [3.8, 4) is 0 Å². The van der Waals surface area contributed by atoms with Gasteiger partial charge in [0, 0.05) is 23.2 Å².